The molecule has 2 rings (SSSR count). The molecule has 0 spiro atoms. The molecular formula is C28H36F3N3O6. The van der Waals surface area contributed by atoms with Gasteiger partial charge in [0.25, 0.3) is 0 Å². The normalized spacial score (nSPS) is 13.2. The summed E-state index contributed by atoms with van der Waals surface area (Å²) in [6.07, 6.45) is -3.25. The van der Waals surface area contributed by atoms with E-state index in [-0.39, 0.29) is 18.2 Å². The average molecular weight is 568 g/mol. The number of amides is 2. The number of aryl methyl sites for hydroxylation is 1. The molecule has 0 saturated heterocycles. The third-order valence-electron chi connectivity index (χ3n) is 5.59. The molecule has 9 nitrogen and oxygen atoms in total. The van der Waals surface area contributed by atoms with Crippen molar-refractivity contribution >= 4 is 23.8 Å². The van der Waals surface area contributed by atoms with Gasteiger partial charge in [-0.25, -0.2) is 9.59 Å². The number of carbonyl (C=O) groups is 4. The molecule has 12 heteroatoms. The molecule has 40 heavy (non-hydrogen) atoms. The minimum Gasteiger partial charge on any atom is -0.475 e. The van der Waals surface area contributed by atoms with Gasteiger partial charge in [-0.2, -0.15) is 13.2 Å². The van der Waals surface area contributed by atoms with Crippen molar-refractivity contribution in [3.8, 4) is 0 Å². The zero-order chi connectivity index (χ0) is 30.3. The molecule has 2 aromatic carbocycles. The van der Waals surface area contributed by atoms with E-state index in [0.29, 0.717) is 19.3 Å². The molecule has 0 radical (unpaired) electrons. The lowest BCUT2D eigenvalue weighted by Crippen LogP contribution is -2.55. The van der Waals surface area contributed by atoms with Crippen LogP contribution in [-0.2, 0) is 36.8 Å². The Bertz CT molecular complexity index is 1080. The monoisotopic (exact) mass is 567 g/mol. The Labute approximate surface area is 231 Å². The molecule has 0 aliphatic rings. The lowest BCUT2D eigenvalue weighted by atomic mass is 10.00. The predicted molar refractivity (Wildman–Crippen MR) is 142 cm³/mol. The molecule has 0 aliphatic heterocycles. The molecule has 3 atom stereocenters. The van der Waals surface area contributed by atoms with Crippen molar-refractivity contribution < 1.29 is 42.2 Å². The van der Waals surface area contributed by atoms with E-state index in [1.807, 2.05) is 74.5 Å². The van der Waals surface area contributed by atoms with E-state index < -0.39 is 42.1 Å². The zero-order valence-corrected chi connectivity index (χ0v) is 22.6. The fourth-order valence-corrected chi connectivity index (χ4v) is 3.54. The summed E-state index contributed by atoms with van der Waals surface area (Å²) in [6, 6.07) is 16.7. The lowest BCUT2D eigenvalue weighted by molar-refractivity contribution is -0.192. The zero-order valence-electron chi connectivity index (χ0n) is 22.6. The van der Waals surface area contributed by atoms with Gasteiger partial charge in [-0.3, -0.25) is 9.59 Å². The van der Waals surface area contributed by atoms with Crippen LogP contribution in [0.4, 0.5) is 13.2 Å². The van der Waals surface area contributed by atoms with E-state index in [1.165, 1.54) is 7.11 Å². The number of carboxylic acid groups (broad SMARTS) is 1. The SMILES string of the molecule is COC(=O)[C@H](Cc1ccccc1)NC(=O)[C@@H](CC(C)C)NC(=O)[C@@H](N)CCc1ccccc1.O=C(O)C(F)(F)F. The number of ether oxygens (including phenoxy) is 1. The molecule has 0 unspecified atom stereocenters. The van der Waals surface area contributed by atoms with Crippen LogP contribution in [0.5, 0.6) is 0 Å². The second-order valence-corrected chi connectivity index (χ2v) is 9.40. The molecular weight excluding hydrogens is 531 g/mol. The number of carboxylic acids is 1. The van der Waals surface area contributed by atoms with Crippen LogP contribution in [0.15, 0.2) is 60.7 Å². The third kappa shape index (κ3) is 13.2. The molecule has 0 fully saturated rings. The number of hydrogen-bond donors (Lipinski definition) is 4. The predicted octanol–water partition coefficient (Wildman–Crippen LogP) is 3.01. The maximum absolute atomic E-state index is 13.1. The molecule has 0 heterocycles. The molecule has 220 valence electrons. The van der Waals surface area contributed by atoms with E-state index >= 15 is 0 Å². The van der Waals surface area contributed by atoms with Crippen molar-refractivity contribution in [1.82, 2.24) is 10.6 Å². The van der Waals surface area contributed by atoms with Gasteiger partial charge in [0.15, 0.2) is 0 Å². The van der Waals surface area contributed by atoms with Crippen LogP contribution in [0.25, 0.3) is 0 Å². The maximum Gasteiger partial charge on any atom is 0.490 e. The van der Waals surface area contributed by atoms with Crippen molar-refractivity contribution in [2.45, 2.75) is 63.8 Å². The molecule has 0 aliphatic carbocycles. The van der Waals surface area contributed by atoms with Crippen molar-refractivity contribution in [1.29, 1.82) is 0 Å². The third-order valence-corrected chi connectivity index (χ3v) is 5.59. The Morgan fingerprint density at radius 2 is 1.35 bits per heavy atom. The summed E-state index contributed by atoms with van der Waals surface area (Å²) in [4.78, 5) is 47.0. The molecule has 0 bridgehead atoms. The molecule has 2 aromatic rings. The highest BCUT2D eigenvalue weighted by atomic mass is 19.4. The summed E-state index contributed by atoms with van der Waals surface area (Å²) in [5.41, 5.74) is 8.09. The van der Waals surface area contributed by atoms with Crippen LogP contribution in [0, 0.1) is 5.92 Å². The average Bonchev–Trinajstić information content (AvgIpc) is 2.91. The number of halogens is 3. The first-order valence-electron chi connectivity index (χ1n) is 12.6. The van der Waals surface area contributed by atoms with Crippen molar-refractivity contribution in [2.24, 2.45) is 11.7 Å². The van der Waals surface area contributed by atoms with Crippen molar-refractivity contribution in [3.05, 3.63) is 71.8 Å². The Hall–Kier alpha value is -3.93. The van der Waals surface area contributed by atoms with Gasteiger partial charge in [0.2, 0.25) is 11.8 Å². The molecule has 2 amide bonds. The summed E-state index contributed by atoms with van der Waals surface area (Å²) in [7, 11) is 1.28. The summed E-state index contributed by atoms with van der Waals surface area (Å²) < 4.78 is 36.6. The van der Waals surface area contributed by atoms with E-state index in [4.69, 9.17) is 20.4 Å². The molecule has 0 saturated carbocycles. The van der Waals surface area contributed by atoms with Crippen LogP contribution < -0.4 is 16.4 Å². The van der Waals surface area contributed by atoms with Gasteiger partial charge in [-0.05, 0) is 36.3 Å². The Morgan fingerprint density at radius 1 is 0.875 bits per heavy atom. The van der Waals surface area contributed by atoms with Crippen LogP contribution in [-0.4, -0.2) is 60.3 Å². The first kappa shape index (κ1) is 34.1. The smallest absolute Gasteiger partial charge is 0.475 e. The minimum atomic E-state index is -5.08. The highest BCUT2D eigenvalue weighted by Crippen LogP contribution is 2.13. The topological polar surface area (TPSA) is 148 Å². The van der Waals surface area contributed by atoms with Gasteiger partial charge in [0.1, 0.15) is 12.1 Å². The Kier molecular flexibility index (Phi) is 14.4. The summed E-state index contributed by atoms with van der Waals surface area (Å²) in [6.45, 7) is 3.92. The van der Waals surface area contributed by atoms with Crippen LogP contribution >= 0.6 is 0 Å². The summed E-state index contributed by atoms with van der Waals surface area (Å²) in [5, 5.41) is 12.7. The van der Waals surface area contributed by atoms with Gasteiger partial charge < -0.3 is 26.2 Å². The van der Waals surface area contributed by atoms with Gasteiger partial charge in [-0.15, -0.1) is 0 Å². The van der Waals surface area contributed by atoms with Crippen LogP contribution in [0.1, 0.15) is 37.8 Å². The number of hydrogen-bond acceptors (Lipinski definition) is 6. The van der Waals surface area contributed by atoms with Gasteiger partial charge in [0.05, 0.1) is 13.2 Å². The van der Waals surface area contributed by atoms with Crippen molar-refractivity contribution in [2.75, 3.05) is 7.11 Å². The fourth-order valence-electron chi connectivity index (χ4n) is 3.54. The highest BCUT2D eigenvalue weighted by molar-refractivity contribution is 5.92. The minimum absolute atomic E-state index is 0.146. The van der Waals surface area contributed by atoms with E-state index in [0.717, 1.165) is 11.1 Å². The summed E-state index contributed by atoms with van der Waals surface area (Å²) in [5.74, 6) is -3.97. The Balaban J connectivity index is 0.00000101. The quantitative estimate of drug-likeness (QED) is 0.288. The number of nitrogens with one attached hydrogen (secondary N) is 2. The number of alkyl halides is 3. The number of esters is 1. The molecule has 5 N–H and O–H groups in total. The van der Waals surface area contributed by atoms with E-state index in [1.54, 1.807) is 0 Å². The van der Waals surface area contributed by atoms with Gasteiger partial charge in [-0.1, -0.05) is 74.5 Å². The maximum atomic E-state index is 13.1. The first-order chi connectivity index (χ1) is 18.7. The fraction of sp³-hybridized carbons (Fsp3) is 0.429. The number of benzene rings is 2. The number of methoxy groups -OCH3 is 1. The van der Waals surface area contributed by atoms with Crippen LogP contribution in [0.3, 0.4) is 0 Å². The number of rotatable bonds is 12. The van der Waals surface area contributed by atoms with Crippen molar-refractivity contribution in [3.63, 3.8) is 0 Å². The molecule has 0 aromatic heterocycles. The number of aliphatic carboxylic acids is 1. The largest absolute Gasteiger partial charge is 0.490 e. The highest BCUT2D eigenvalue weighted by Gasteiger charge is 2.38. The second-order valence-electron chi connectivity index (χ2n) is 9.40. The first-order valence-corrected chi connectivity index (χ1v) is 12.6. The number of carbonyl (C=O) groups excluding carboxylic acids is 3. The van der Waals surface area contributed by atoms with E-state index in [2.05, 4.69) is 10.6 Å². The number of nitrogens with two attached hydrogens (primary N) is 1. The van der Waals surface area contributed by atoms with Gasteiger partial charge in [0, 0.05) is 6.42 Å². The van der Waals surface area contributed by atoms with E-state index in [9.17, 15) is 27.6 Å². The standard InChI is InChI=1S/C26H35N3O4.C2HF3O2/c1-18(2)16-22(28-24(30)21(27)15-14-19-10-6-4-7-11-19)25(31)29-23(26(32)33-3)17-20-12-8-5-9-13-20;3-2(4,5)1(6)7/h4-13,18,21-23H,14-17,27H2,1-3H3,(H,28,30)(H,29,31);(H,6,7)/t21-,22+,23-;/m0./s1. The Morgan fingerprint density at radius 3 is 1.80 bits per heavy atom. The summed E-state index contributed by atoms with van der Waals surface area (Å²) >= 11 is 0. The lowest BCUT2D eigenvalue weighted by Gasteiger charge is -2.24. The van der Waals surface area contributed by atoms with Gasteiger partial charge >= 0.3 is 18.1 Å². The van der Waals surface area contributed by atoms with Crippen LogP contribution in [0.2, 0.25) is 0 Å². The second kappa shape index (κ2) is 16.9.